The maximum Gasteiger partial charge on any atom is 0.216 e. The Bertz CT molecular complexity index is 328. The minimum Gasteiger partial charge on any atom is -0.481 e. The van der Waals surface area contributed by atoms with Gasteiger partial charge in [0, 0.05) is 19.6 Å². The van der Waals surface area contributed by atoms with Gasteiger partial charge in [0.25, 0.3) is 0 Å². The highest BCUT2D eigenvalue weighted by atomic mass is 16.5. The number of aryl methyl sites for hydroxylation is 2. The van der Waals surface area contributed by atoms with Crippen LogP contribution in [0.25, 0.3) is 0 Å². The Labute approximate surface area is 84.3 Å². The number of hydrogen-bond acceptors (Lipinski definition) is 3. The lowest BCUT2D eigenvalue weighted by molar-refractivity contribution is 0.368. The molecule has 1 fully saturated rings. The molecule has 0 unspecified atom stereocenters. The van der Waals surface area contributed by atoms with Crippen LogP contribution in [0, 0.1) is 6.92 Å². The van der Waals surface area contributed by atoms with Gasteiger partial charge in [-0.3, -0.25) is 0 Å². The van der Waals surface area contributed by atoms with Crippen molar-refractivity contribution < 1.29 is 4.74 Å². The van der Waals surface area contributed by atoms with Crippen molar-refractivity contribution in [2.24, 2.45) is 7.05 Å². The number of methoxy groups -OCH3 is 1. The van der Waals surface area contributed by atoms with E-state index in [0.717, 1.165) is 24.2 Å². The fourth-order valence-electron chi connectivity index (χ4n) is 1.67. The van der Waals surface area contributed by atoms with E-state index in [0.29, 0.717) is 0 Å². The Morgan fingerprint density at radius 2 is 2.29 bits per heavy atom. The molecule has 0 aromatic carbocycles. The average Bonchev–Trinajstić information content (AvgIpc) is 2.91. The van der Waals surface area contributed by atoms with Gasteiger partial charge in [0.1, 0.15) is 0 Å². The van der Waals surface area contributed by atoms with Crippen molar-refractivity contribution in [2.45, 2.75) is 32.4 Å². The lowest BCUT2D eigenvalue weighted by Gasteiger charge is -2.05. The zero-order valence-electron chi connectivity index (χ0n) is 9.00. The summed E-state index contributed by atoms with van der Waals surface area (Å²) in [6.07, 6.45) is 2.61. The highest BCUT2D eigenvalue weighted by Crippen LogP contribution is 2.24. The largest absolute Gasteiger partial charge is 0.481 e. The topological polar surface area (TPSA) is 39.1 Å². The first-order valence-electron chi connectivity index (χ1n) is 5.02. The molecule has 0 saturated heterocycles. The minimum atomic E-state index is 0.722. The zero-order chi connectivity index (χ0) is 10.1. The molecular formula is C10H17N3O. The first-order chi connectivity index (χ1) is 6.72. The molecule has 0 atom stereocenters. The predicted molar refractivity (Wildman–Crippen MR) is 54.4 cm³/mol. The summed E-state index contributed by atoms with van der Waals surface area (Å²) in [7, 11) is 3.60. The lowest BCUT2D eigenvalue weighted by atomic mass is 10.2. The monoisotopic (exact) mass is 195 g/mol. The molecule has 78 valence electrons. The number of hydrogen-bond donors (Lipinski definition) is 1. The van der Waals surface area contributed by atoms with Crippen LogP contribution in [0.2, 0.25) is 0 Å². The molecule has 1 aliphatic carbocycles. The first kappa shape index (κ1) is 9.52. The molecule has 0 spiro atoms. The van der Waals surface area contributed by atoms with Gasteiger partial charge < -0.3 is 10.1 Å². The molecule has 1 N–H and O–H groups in total. The molecular weight excluding hydrogens is 178 g/mol. The molecule has 0 radical (unpaired) electrons. The van der Waals surface area contributed by atoms with Crippen molar-refractivity contribution in [2.75, 3.05) is 7.11 Å². The van der Waals surface area contributed by atoms with Crippen LogP contribution in [0.5, 0.6) is 5.88 Å². The number of aromatic nitrogens is 2. The van der Waals surface area contributed by atoms with Crippen LogP contribution in [0.1, 0.15) is 24.1 Å². The van der Waals surface area contributed by atoms with Gasteiger partial charge in [0.15, 0.2) is 0 Å². The first-order valence-corrected chi connectivity index (χ1v) is 5.02. The predicted octanol–water partition coefficient (Wildman–Crippen LogP) is 0.989. The second kappa shape index (κ2) is 3.61. The average molecular weight is 195 g/mol. The van der Waals surface area contributed by atoms with E-state index in [1.54, 1.807) is 11.8 Å². The van der Waals surface area contributed by atoms with Crippen LogP contribution in [-0.2, 0) is 13.6 Å². The summed E-state index contributed by atoms with van der Waals surface area (Å²) in [6.45, 7) is 2.89. The molecule has 0 bridgehead atoms. The van der Waals surface area contributed by atoms with E-state index in [4.69, 9.17) is 4.74 Å². The Morgan fingerprint density at radius 1 is 1.57 bits per heavy atom. The minimum absolute atomic E-state index is 0.722. The van der Waals surface area contributed by atoms with Crippen LogP contribution < -0.4 is 10.1 Å². The number of rotatable bonds is 4. The van der Waals surface area contributed by atoms with E-state index >= 15 is 0 Å². The van der Waals surface area contributed by atoms with Crippen molar-refractivity contribution in [3.63, 3.8) is 0 Å². The van der Waals surface area contributed by atoms with Crippen LogP contribution in [0.4, 0.5) is 0 Å². The molecule has 1 aromatic rings. The SMILES string of the molecule is COc1c(CNC2CC2)c(C)nn1C. The van der Waals surface area contributed by atoms with Crippen LogP contribution in [0.3, 0.4) is 0 Å². The molecule has 1 aromatic heterocycles. The molecule has 1 aliphatic rings. The van der Waals surface area contributed by atoms with Crippen molar-refractivity contribution >= 4 is 0 Å². The Balaban J connectivity index is 2.11. The molecule has 0 amide bonds. The van der Waals surface area contributed by atoms with Crippen molar-refractivity contribution in [1.82, 2.24) is 15.1 Å². The van der Waals surface area contributed by atoms with Gasteiger partial charge in [-0.15, -0.1) is 0 Å². The third-order valence-corrected chi connectivity index (χ3v) is 2.63. The van der Waals surface area contributed by atoms with Gasteiger partial charge in [-0.2, -0.15) is 5.10 Å². The van der Waals surface area contributed by atoms with Crippen molar-refractivity contribution in [3.05, 3.63) is 11.3 Å². The highest BCUT2D eigenvalue weighted by Gasteiger charge is 2.22. The fourth-order valence-corrected chi connectivity index (χ4v) is 1.67. The maximum absolute atomic E-state index is 5.31. The molecule has 2 rings (SSSR count). The Morgan fingerprint density at radius 3 is 2.86 bits per heavy atom. The van der Waals surface area contributed by atoms with E-state index in [2.05, 4.69) is 10.4 Å². The van der Waals surface area contributed by atoms with Gasteiger partial charge in [-0.05, 0) is 19.8 Å². The van der Waals surface area contributed by atoms with Crippen LogP contribution >= 0.6 is 0 Å². The summed E-state index contributed by atoms with van der Waals surface area (Å²) in [5.41, 5.74) is 2.24. The number of nitrogens with zero attached hydrogens (tertiary/aromatic N) is 2. The zero-order valence-corrected chi connectivity index (χ0v) is 9.00. The van der Waals surface area contributed by atoms with Crippen molar-refractivity contribution in [3.8, 4) is 5.88 Å². The Hall–Kier alpha value is -1.03. The van der Waals surface area contributed by atoms with E-state index in [-0.39, 0.29) is 0 Å². The number of ether oxygens (including phenoxy) is 1. The molecule has 4 heteroatoms. The third kappa shape index (κ3) is 1.75. The molecule has 14 heavy (non-hydrogen) atoms. The molecule has 4 nitrogen and oxygen atoms in total. The quantitative estimate of drug-likeness (QED) is 0.778. The fraction of sp³-hybridized carbons (Fsp3) is 0.700. The number of nitrogens with one attached hydrogen (secondary N) is 1. The van der Waals surface area contributed by atoms with Gasteiger partial charge in [0.2, 0.25) is 5.88 Å². The second-order valence-corrected chi connectivity index (χ2v) is 3.85. The maximum atomic E-state index is 5.31. The van der Waals surface area contributed by atoms with Gasteiger partial charge >= 0.3 is 0 Å². The summed E-state index contributed by atoms with van der Waals surface area (Å²) >= 11 is 0. The lowest BCUT2D eigenvalue weighted by Crippen LogP contribution is -2.16. The summed E-state index contributed by atoms with van der Waals surface area (Å²) < 4.78 is 7.10. The summed E-state index contributed by atoms with van der Waals surface area (Å²) in [6, 6.07) is 0.722. The highest BCUT2D eigenvalue weighted by molar-refractivity contribution is 5.30. The standard InChI is InChI=1S/C10H17N3O/c1-7-9(6-11-8-4-5-8)10(14-3)13(2)12-7/h8,11H,4-6H2,1-3H3. The van der Waals surface area contributed by atoms with E-state index in [1.807, 2.05) is 14.0 Å². The summed E-state index contributed by atoms with van der Waals surface area (Å²) in [5, 5.41) is 7.80. The Kier molecular flexibility index (Phi) is 2.46. The summed E-state index contributed by atoms with van der Waals surface area (Å²) in [5.74, 6) is 0.871. The van der Waals surface area contributed by atoms with Crippen LogP contribution in [0.15, 0.2) is 0 Å². The van der Waals surface area contributed by atoms with Crippen molar-refractivity contribution in [1.29, 1.82) is 0 Å². The van der Waals surface area contributed by atoms with Gasteiger partial charge in [0.05, 0.1) is 18.4 Å². The molecule has 1 heterocycles. The van der Waals surface area contributed by atoms with E-state index in [9.17, 15) is 0 Å². The smallest absolute Gasteiger partial charge is 0.216 e. The molecule has 0 aliphatic heterocycles. The van der Waals surface area contributed by atoms with E-state index < -0.39 is 0 Å². The second-order valence-electron chi connectivity index (χ2n) is 3.85. The van der Waals surface area contributed by atoms with Gasteiger partial charge in [-0.25, -0.2) is 4.68 Å². The molecule has 1 saturated carbocycles. The normalized spacial score (nSPS) is 15.9. The summed E-state index contributed by atoms with van der Waals surface area (Å²) in [4.78, 5) is 0. The third-order valence-electron chi connectivity index (χ3n) is 2.63. The van der Waals surface area contributed by atoms with Crippen LogP contribution in [-0.4, -0.2) is 22.9 Å². The van der Waals surface area contributed by atoms with Gasteiger partial charge in [-0.1, -0.05) is 0 Å². The van der Waals surface area contributed by atoms with E-state index in [1.165, 1.54) is 18.4 Å².